The lowest BCUT2D eigenvalue weighted by atomic mass is 10.1. The van der Waals surface area contributed by atoms with Crippen molar-refractivity contribution in [1.29, 1.82) is 0 Å². The van der Waals surface area contributed by atoms with Crippen molar-refractivity contribution in [1.82, 2.24) is 28.5 Å². The second-order valence-electron chi connectivity index (χ2n) is 8.55. The summed E-state index contributed by atoms with van der Waals surface area (Å²) in [6.07, 6.45) is 0.852. The van der Waals surface area contributed by atoms with Crippen LogP contribution in [0.4, 0.5) is 0 Å². The summed E-state index contributed by atoms with van der Waals surface area (Å²) < 4.78 is 10.9. The van der Waals surface area contributed by atoms with Gasteiger partial charge >= 0.3 is 0 Å². The van der Waals surface area contributed by atoms with Gasteiger partial charge < -0.3 is 9.64 Å². The Morgan fingerprint density at radius 3 is 2.62 bits per heavy atom. The van der Waals surface area contributed by atoms with Crippen LogP contribution in [0.15, 0.2) is 29.1 Å². The molecule has 2 heterocycles. The number of likely N-dealkylation sites (N-methyl/N-ethyl adjacent to an activating group) is 1. The molecule has 32 heavy (non-hydrogen) atoms. The van der Waals surface area contributed by atoms with Crippen LogP contribution in [0.2, 0.25) is 0 Å². The number of methoxy groups -OCH3 is 1. The lowest BCUT2D eigenvalue weighted by molar-refractivity contribution is -0.130. The zero-order chi connectivity index (χ0) is 23.4. The van der Waals surface area contributed by atoms with Crippen LogP contribution in [-0.4, -0.2) is 75.4 Å². The fourth-order valence-corrected chi connectivity index (χ4v) is 3.77. The number of hydrogen-bond donors (Lipinski definition) is 0. The first-order valence-corrected chi connectivity index (χ1v) is 11.2. The first kappa shape index (κ1) is 24.1. The molecule has 10 heteroatoms. The SMILES string of the molecule is COCCN(CC(=O)N(C)C)Cn1nc2n(CCC(C)C)c(=O)c3ccccc3n2c1=S. The summed E-state index contributed by atoms with van der Waals surface area (Å²) in [5.41, 5.74) is 0.664. The van der Waals surface area contributed by atoms with E-state index in [9.17, 15) is 9.59 Å². The molecular weight excluding hydrogens is 428 g/mol. The molecule has 3 aromatic rings. The van der Waals surface area contributed by atoms with Crippen LogP contribution in [0.3, 0.4) is 0 Å². The van der Waals surface area contributed by atoms with Crippen molar-refractivity contribution < 1.29 is 9.53 Å². The van der Waals surface area contributed by atoms with Crippen molar-refractivity contribution in [3.63, 3.8) is 0 Å². The molecule has 0 unspecified atom stereocenters. The molecule has 0 aliphatic carbocycles. The van der Waals surface area contributed by atoms with Gasteiger partial charge in [-0.15, -0.1) is 5.10 Å². The van der Waals surface area contributed by atoms with Gasteiger partial charge in [0.15, 0.2) is 0 Å². The zero-order valence-corrected chi connectivity index (χ0v) is 20.3. The predicted molar refractivity (Wildman–Crippen MR) is 127 cm³/mol. The molecule has 1 amide bonds. The van der Waals surface area contributed by atoms with Crippen LogP contribution >= 0.6 is 12.2 Å². The molecule has 9 nitrogen and oxygen atoms in total. The summed E-state index contributed by atoms with van der Waals surface area (Å²) in [6.45, 7) is 6.37. The Morgan fingerprint density at radius 1 is 1.25 bits per heavy atom. The number of ether oxygens (including phenoxy) is 1. The Bertz CT molecular complexity index is 1210. The molecule has 0 saturated heterocycles. The van der Waals surface area contributed by atoms with Crippen molar-refractivity contribution in [2.75, 3.05) is 40.9 Å². The molecule has 174 valence electrons. The maximum Gasteiger partial charge on any atom is 0.262 e. The highest BCUT2D eigenvalue weighted by atomic mass is 32.1. The Morgan fingerprint density at radius 2 is 1.97 bits per heavy atom. The number of aromatic nitrogens is 4. The van der Waals surface area contributed by atoms with Gasteiger partial charge in [-0.2, -0.15) is 0 Å². The predicted octanol–water partition coefficient (Wildman–Crippen LogP) is 2.22. The van der Waals surface area contributed by atoms with Crippen molar-refractivity contribution in [3.05, 3.63) is 39.4 Å². The summed E-state index contributed by atoms with van der Waals surface area (Å²) in [7, 11) is 5.09. The van der Waals surface area contributed by atoms with Gasteiger partial charge in [-0.1, -0.05) is 26.0 Å². The van der Waals surface area contributed by atoms with Crippen molar-refractivity contribution in [3.8, 4) is 0 Å². The number of rotatable bonds is 10. The molecular formula is C22H32N6O3S. The molecule has 0 spiro atoms. The van der Waals surface area contributed by atoms with E-state index in [1.807, 2.05) is 33.6 Å². The molecule has 1 aromatic carbocycles. The molecule has 2 aromatic heterocycles. The monoisotopic (exact) mass is 460 g/mol. The number of carbonyl (C=O) groups excluding carboxylic acids is 1. The van der Waals surface area contributed by atoms with E-state index in [2.05, 4.69) is 13.8 Å². The molecule has 0 bridgehead atoms. The molecule has 0 N–H and O–H groups in total. The van der Waals surface area contributed by atoms with Crippen LogP contribution in [0, 0.1) is 10.7 Å². The molecule has 0 fully saturated rings. The average molecular weight is 461 g/mol. The first-order chi connectivity index (χ1) is 15.2. The van der Waals surface area contributed by atoms with E-state index in [-0.39, 0.29) is 18.0 Å². The fourth-order valence-electron chi connectivity index (χ4n) is 3.49. The first-order valence-electron chi connectivity index (χ1n) is 10.8. The molecule has 0 aliphatic rings. The normalized spacial score (nSPS) is 11.8. The summed E-state index contributed by atoms with van der Waals surface area (Å²) in [5, 5.41) is 5.34. The van der Waals surface area contributed by atoms with Crippen molar-refractivity contribution in [2.45, 2.75) is 33.5 Å². The number of hydrogen-bond acceptors (Lipinski definition) is 6. The molecule has 3 rings (SSSR count). The number of amides is 1. The highest BCUT2D eigenvalue weighted by molar-refractivity contribution is 7.71. The minimum atomic E-state index is -0.0695. The molecule has 0 radical (unpaired) electrons. The number of carbonyl (C=O) groups is 1. The van der Waals surface area contributed by atoms with E-state index in [0.29, 0.717) is 48.2 Å². The van der Waals surface area contributed by atoms with Gasteiger partial charge in [0.05, 0.1) is 30.7 Å². The summed E-state index contributed by atoms with van der Waals surface area (Å²) in [6, 6.07) is 7.45. The Kier molecular flexibility index (Phi) is 7.81. The maximum absolute atomic E-state index is 13.2. The quantitative estimate of drug-likeness (QED) is 0.432. The minimum absolute atomic E-state index is 0.0179. The summed E-state index contributed by atoms with van der Waals surface area (Å²) >= 11 is 5.78. The number of benzene rings is 1. The average Bonchev–Trinajstić information content (AvgIpc) is 3.07. The second-order valence-corrected chi connectivity index (χ2v) is 8.91. The highest BCUT2D eigenvalue weighted by Crippen LogP contribution is 2.15. The highest BCUT2D eigenvalue weighted by Gasteiger charge is 2.18. The summed E-state index contributed by atoms with van der Waals surface area (Å²) in [4.78, 5) is 29.1. The number of para-hydroxylation sites is 1. The standard InChI is InChI=1S/C22H32N6O3S/c1-16(2)10-11-26-20(30)17-8-6-7-9-18(17)28-21(26)23-27(22(28)32)15-25(12-13-31-5)14-19(29)24(3)4/h6-9,16H,10-15H2,1-5H3. The van der Waals surface area contributed by atoms with Gasteiger partial charge in [-0.25, -0.2) is 4.68 Å². The van der Waals surface area contributed by atoms with Crippen molar-refractivity contribution >= 4 is 34.8 Å². The number of aryl methyl sites for hydroxylation is 1. The van der Waals surface area contributed by atoms with Crippen LogP contribution < -0.4 is 5.56 Å². The van der Waals surface area contributed by atoms with Gasteiger partial charge in [0.1, 0.15) is 0 Å². The third kappa shape index (κ3) is 5.08. The van der Waals surface area contributed by atoms with Gasteiger partial charge in [0.2, 0.25) is 16.5 Å². The Labute approximate surface area is 192 Å². The molecule has 0 aliphatic heterocycles. The minimum Gasteiger partial charge on any atom is -0.383 e. The zero-order valence-electron chi connectivity index (χ0n) is 19.4. The van der Waals surface area contributed by atoms with Crippen LogP contribution in [0.5, 0.6) is 0 Å². The Balaban J connectivity index is 2.12. The van der Waals surface area contributed by atoms with Crippen LogP contribution in [-0.2, 0) is 22.7 Å². The Hall–Kier alpha value is -2.56. The molecule has 0 atom stereocenters. The van der Waals surface area contributed by atoms with E-state index >= 15 is 0 Å². The second kappa shape index (κ2) is 10.4. The van der Waals surface area contributed by atoms with E-state index in [1.54, 1.807) is 35.4 Å². The van der Waals surface area contributed by atoms with Gasteiger partial charge in [0, 0.05) is 34.3 Å². The topological polar surface area (TPSA) is 77.0 Å². The van der Waals surface area contributed by atoms with Gasteiger partial charge in [-0.3, -0.25) is 23.5 Å². The lowest BCUT2D eigenvalue weighted by Gasteiger charge is -2.22. The van der Waals surface area contributed by atoms with Crippen LogP contribution in [0.1, 0.15) is 20.3 Å². The van der Waals surface area contributed by atoms with Gasteiger partial charge in [-0.05, 0) is 36.7 Å². The third-order valence-corrected chi connectivity index (χ3v) is 5.81. The van der Waals surface area contributed by atoms with E-state index in [0.717, 1.165) is 11.9 Å². The number of fused-ring (bicyclic) bond motifs is 3. The number of nitrogens with zero attached hydrogens (tertiary/aromatic N) is 6. The van der Waals surface area contributed by atoms with Gasteiger partial charge in [0.25, 0.3) is 5.56 Å². The van der Waals surface area contributed by atoms with E-state index in [1.165, 1.54) is 0 Å². The largest absolute Gasteiger partial charge is 0.383 e. The molecule has 0 saturated carbocycles. The van der Waals surface area contributed by atoms with E-state index < -0.39 is 0 Å². The fraction of sp³-hybridized carbons (Fsp3) is 0.545. The summed E-state index contributed by atoms with van der Waals surface area (Å²) in [5.74, 6) is 0.945. The van der Waals surface area contributed by atoms with Crippen LogP contribution in [0.25, 0.3) is 16.7 Å². The third-order valence-electron chi connectivity index (χ3n) is 5.42. The van der Waals surface area contributed by atoms with Crippen molar-refractivity contribution in [2.24, 2.45) is 5.92 Å². The van der Waals surface area contributed by atoms with E-state index in [4.69, 9.17) is 22.1 Å². The maximum atomic E-state index is 13.2. The lowest BCUT2D eigenvalue weighted by Crippen LogP contribution is -2.39. The smallest absolute Gasteiger partial charge is 0.262 e.